The molecule has 1 heterocycles. The van der Waals surface area contributed by atoms with Crippen molar-refractivity contribution in [3.63, 3.8) is 0 Å². The van der Waals surface area contributed by atoms with Crippen molar-refractivity contribution in [3.05, 3.63) is 22.8 Å². The molecule has 0 saturated heterocycles. The molecule has 0 aliphatic carbocycles. The van der Waals surface area contributed by atoms with Crippen LogP contribution in [0.4, 0.5) is 19.0 Å². The third-order valence-electron chi connectivity index (χ3n) is 1.41. The summed E-state index contributed by atoms with van der Waals surface area (Å²) in [5, 5.41) is -0.00394. The second kappa shape index (κ2) is 4.02. The van der Waals surface area contributed by atoms with Gasteiger partial charge in [0.2, 0.25) is 0 Å². The van der Waals surface area contributed by atoms with Gasteiger partial charge in [0.15, 0.2) is 5.82 Å². The maximum Gasteiger partial charge on any atom is 0.420 e. The summed E-state index contributed by atoms with van der Waals surface area (Å²) in [6.45, 7) is 0. The number of nitrogens with one attached hydrogen (secondary N) is 2. The summed E-state index contributed by atoms with van der Waals surface area (Å²) in [4.78, 5) is 3.50. The molecule has 0 aliphatic rings. The number of halogens is 4. The van der Waals surface area contributed by atoms with E-state index in [0.717, 1.165) is 12.1 Å². The van der Waals surface area contributed by atoms with Crippen molar-refractivity contribution >= 4 is 17.4 Å². The summed E-state index contributed by atoms with van der Waals surface area (Å²) >= 11 is 5.46. The number of hydrazine groups is 1. The van der Waals surface area contributed by atoms with Crippen molar-refractivity contribution in [3.8, 4) is 0 Å². The van der Waals surface area contributed by atoms with Crippen molar-refractivity contribution in [2.75, 3.05) is 12.5 Å². The monoisotopic (exact) mass is 225 g/mol. The first-order valence-corrected chi connectivity index (χ1v) is 3.99. The third kappa shape index (κ3) is 2.49. The molecule has 0 radical (unpaired) electrons. The van der Waals surface area contributed by atoms with Gasteiger partial charge in [0.25, 0.3) is 0 Å². The second-order valence-corrected chi connectivity index (χ2v) is 2.79. The molecular formula is C7H7ClF3N3. The van der Waals surface area contributed by atoms with Gasteiger partial charge >= 0.3 is 6.18 Å². The third-order valence-corrected chi connectivity index (χ3v) is 1.62. The van der Waals surface area contributed by atoms with E-state index in [2.05, 4.69) is 15.8 Å². The van der Waals surface area contributed by atoms with Crippen LogP contribution in [0.15, 0.2) is 12.1 Å². The lowest BCUT2D eigenvalue weighted by Crippen LogP contribution is -2.20. The highest BCUT2D eigenvalue weighted by Crippen LogP contribution is 2.34. The Morgan fingerprint density at radius 2 is 2.00 bits per heavy atom. The zero-order valence-electron chi connectivity index (χ0n) is 7.11. The van der Waals surface area contributed by atoms with Crippen LogP contribution in [0.5, 0.6) is 0 Å². The Morgan fingerprint density at radius 1 is 1.36 bits per heavy atom. The predicted molar refractivity (Wildman–Crippen MR) is 46.9 cm³/mol. The molecule has 0 aromatic carbocycles. The summed E-state index contributed by atoms with van der Waals surface area (Å²) < 4.78 is 37.1. The standard InChI is InChI=1S/C7H7ClF3N3/c1-12-14-6-4(7(9,10)11)2-3-5(8)13-6/h2-3,12H,1H3,(H,13,14). The average molecular weight is 226 g/mol. The van der Waals surface area contributed by atoms with Gasteiger partial charge in [-0.05, 0) is 12.1 Å². The number of hydrogen-bond donors (Lipinski definition) is 2. The van der Waals surface area contributed by atoms with Gasteiger partial charge in [-0.2, -0.15) is 13.2 Å². The fourth-order valence-electron chi connectivity index (χ4n) is 0.878. The van der Waals surface area contributed by atoms with Crippen molar-refractivity contribution in [1.82, 2.24) is 10.4 Å². The fraction of sp³-hybridized carbons (Fsp3) is 0.286. The van der Waals surface area contributed by atoms with E-state index < -0.39 is 11.7 Å². The maximum atomic E-state index is 12.4. The molecule has 0 spiro atoms. The van der Waals surface area contributed by atoms with E-state index in [9.17, 15) is 13.2 Å². The fourth-order valence-corrected chi connectivity index (χ4v) is 1.03. The normalized spacial score (nSPS) is 11.5. The van der Waals surface area contributed by atoms with Crippen LogP contribution in [0, 0.1) is 0 Å². The summed E-state index contributed by atoms with van der Waals surface area (Å²) in [6, 6.07) is 1.96. The van der Waals surface area contributed by atoms with Crippen LogP contribution in [-0.2, 0) is 6.18 Å². The number of aromatic nitrogens is 1. The molecule has 1 aromatic rings. The highest BCUT2D eigenvalue weighted by atomic mass is 35.5. The minimum Gasteiger partial charge on any atom is -0.305 e. The first kappa shape index (κ1) is 11.1. The van der Waals surface area contributed by atoms with Crippen LogP contribution in [-0.4, -0.2) is 12.0 Å². The molecule has 0 fully saturated rings. The van der Waals surface area contributed by atoms with E-state index in [1.165, 1.54) is 7.05 Å². The molecule has 0 amide bonds. The van der Waals surface area contributed by atoms with Crippen molar-refractivity contribution in [1.29, 1.82) is 0 Å². The van der Waals surface area contributed by atoms with Crippen LogP contribution in [0.1, 0.15) is 5.56 Å². The molecule has 0 unspecified atom stereocenters. The molecule has 0 aliphatic heterocycles. The topological polar surface area (TPSA) is 37.0 Å². The van der Waals surface area contributed by atoms with Gasteiger partial charge in [0.1, 0.15) is 5.15 Å². The van der Waals surface area contributed by atoms with Crippen LogP contribution in [0.2, 0.25) is 5.15 Å². The van der Waals surface area contributed by atoms with Crippen LogP contribution in [0.25, 0.3) is 0 Å². The van der Waals surface area contributed by atoms with Crippen LogP contribution in [0.3, 0.4) is 0 Å². The molecule has 2 N–H and O–H groups in total. The molecule has 0 saturated carbocycles. The molecular weight excluding hydrogens is 219 g/mol. The highest BCUT2D eigenvalue weighted by Gasteiger charge is 2.34. The number of nitrogens with zero attached hydrogens (tertiary/aromatic N) is 1. The van der Waals surface area contributed by atoms with Gasteiger partial charge in [-0.25, -0.2) is 10.4 Å². The van der Waals surface area contributed by atoms with E-state index >= 15 is 0 Å². The van der Waals surface area contributed by atoms with Crippen molar-refractivity contribution < 1.29 is 13.2 Å². The maximum absolute atomic E-state index is 12.4. The Bertz CT molecular complexity index is 326. The molecule has 1 aromatic heterocycles. The van der Waals surface area contributed by atoms with E-state index in [0.29, 0.717) is 0 Å². The van der Waals surface area contributed by atoms with E-state index in [-0.39, 0.29) is 11.0 Å². The SMILES string of the molecule is CNNc1nc(Cl)ccc1C(F)(F)F. The van der Waals surface area contributed by atoms with Gasteiger partial charge in [-0.15, -0.1) is 0 Å². The van der Waals surface area contributed by atoms with E-state index in [1.807, 2.05) is 0 Å². The zero-order chi connectivity index (χ0) is 10.8. The number of hydrogen-bond acceptors (Lipinski definition) is 3. The van der Waals surface area contributed by atoms with Crippen LogP contribution < -0.4 is 10.9 Å². The minimum atomic E-state index is -4.45. The smallest absolute Gasteiger partial charge is 0.305 e. The molecule has 1 rings (SSSR count). The molecule has 7 heteroatoms. The molecule has 0 bridgehead atoms. The van der Waals surface area contributed by atoms with Crippen molar-refractivity contribution in [2.24, 2.45) is 0 Å². The lowest BCUT2D eigenvalue weighted by atomic mass is 10.2. The highest BCUT2D eigenvalue weighted by molar-refractivity contribution is 6.29. The lowest BCUT2D eigenvalue weighted by Gasteiger charge is -2.12. The molecule has 0 atom stereocenters. The van der Waals surface area contributed by atoms with Gasteiger partial charge < -0.3 is 5.43 Å². The van der Waals surface area contributed by atoms with Gasteiger partial charge in [-0.3, -0.25) is 0 Å². The minimum absolute atomic E-state index is 0.00394. The first-order chi connectivity index (χ1) is 6.45. The van der Waals surface area contributed by atoms with Gasteiger partial charge in [-0.1, -0.05) is 11.6 Å². The lowest BCUT2D eigenvalue weighted by molar-refractivity contribution is -0.137. The number of pyridine rings is 1. The van der Waals surface area contributed by atoms with E-state index in [4.69, 9.17) is 11.6 Å². The Morgan fingerprint density at radius 3 is 2.50 bits per heavy atom. The second-order valence-electron chi connectivity index (χ2n) is 2.40. The molecule has 14 heavy (non-hydrogen) atoms. The molecule has 78 valence electrons. The Balaban J connectivity index is 3.15. The predicted octanol–water partition coefficient (Wildman–Crippen LogP) is 2.30. The zero-order valence-corrected chi connectivity index (χ0v) is 7.87. The Labute approximate surface area is 83.3 Å². The quantitative estimate of drug-likeness (QED) is 0.599. The number of alkyl halides is 3. The summed E-state index contributed by atoms with van der Waals surface area (Å²) in [5.41, 5.74) is 3.75. The first-order valence-electron chi connectivity index (χ1n) is 3.61. The Kier molecular flexibility index (Phi) is 3.17. The average Bonchev–Trinajstić information content (AvgIpc) is 2.02. The summed E-state index contributed by atoms with van der Waals surface area (Å²) in [7, 11) is 1.43. The number of rotatable bonds is 2. The van der Waals surface area contributed by atoms with Gasteiger partial charge in [0.05, 0.1) is 5.56 Å². The Hall–Kier alpha value is -1.01. The van der Waals surface area contributed by atoms with Crippen LogP contribution >= 0.6 is 11.6 Å². The summed E-state index contributed by atoms with van der Waals surface area (Å²) in [6.07, 6.45) is -4.45. The largest absolute Gasteiger partial charge is 0.420 e. The number of anilines is 1. The summed E-state index contributed by atoms with van der Waals surface area (Å²) in [5.74, 6) is -0.340. The molecule has 3 nitrogen and oxygen atoms in total. The van der Waals surface area contributed by atoms with Gasteiger partial charge in [0, 0.05) is 7.05 Å². The van der Waals surface area contributed by atoms with E-state index in [1.54, 1.807) is 0 Å². The van der Waals surface area contributed by atoms with Crippen molar-refractivity contribution in [2.45, 2.75) is 6.18 Å².